The van der Waals surface area contributed by atoms with E-state index in [0.717, 1.165) is 22.7 Å². The van der Waals surface area contributed by atoms with Crippen molar-refractivity contribution < 1.29 is 19.0 Å². The predicted octanol–water partition coefficient (Wildman–Crippen LogP) is 2.70. The average molecular weight is 393 g/mol. The number of carbonyl (C=O) groups is 1. The van der Waals surface area contributed by atoms with Crippen LogP contribution in [0.25, 0.3) is 21.9 Å². The summed E-state index contributed by atoms with van der Waals surface area (Å²) < 4.78 is 24.8. The molecule has 0 unspecified atom stereocenters. The number of aromatic nitrogens is 3. The highest BCUT2D eigenvalue weighted by Gasteiger charge is 2.33. The molecule has 8 nitrogen and oxygen atoms in total. The lowest BCUT2D eigenvalue weighted by Crippen LogP contribution is -2.26. The molecule has 9 heteroatoms. The summed E-state index contributed by atoms with van der Waals surface area (Å²) in [5.74, 6) is 0.789. The predicted molar refractivity (Wildman–Crippen MR) is 100 cm³/mol. The van der Waals surface area contributed by atoms with Crippen LogP contribution in [0.3, 0.4) is 0 Å². The second-order valence-corrected chi connectivity index (χ2v) is 7.22. The number of ether oxygens (including phenoxy) is 3. The number of benzene rings is 2. The fraction of sp³-hybridized carbons (Fsp3) is 0.158. The molecule has 0 spiro atoms. The molecule has 28 heavy (non-hydrogen) atoms. The SMILES string of the molecule is O=C1C[C@H](c2cc3cc4c(cc3[nH]c2=O)OCO4)c2c(ccc3nsnc23)O1. The molecule has 138 valence electrons. The van der Waals surface area contributed by atoms with Gasteiger partial charge in [-0.3, -0.25) is 9.59 Å². The first kappa shape index (κ1) is 15.6. The van der Waals surface area contributed by atoms with Crippen molar-refractivity contribution >= 4 is 39.6 Å². The maximum atomic E-state index is 12.9. The van der Waals surface area contributed by atoms with Gasteiger partial charge in [0.05, 0.1) is 23.7 Å². The molecule has 0 bridgehead atoms. The third kappa shape index (κ3) is 2.16. The molecule has 1 atom stereocenters. The van der Waals surface area contributed by atoms with E-state index in [0.29, 0.717) is 39.4 Å². The first-order valence-corrected chi connectivity index (χ1v) is 9.33. The maximum absolute atomic E-state index is 12.9. The molecule has 0 saturated heterocycles. The van der Waals surface area contributed by atoms with E-state index in [2.05, 4.69) is 13.7 Å². The number of carbonyl (C=O) groups excluding carboxylic acids is 1. The lowest BCUT2D eigenvalue weighted by atomic mass is 9.85. The summed E-state index contributed by atoms with van der Waals surface area (Å²) in [7, 11) is 0. The van der Waals surface area contributed by atoms with Crippen LogP contribution < -0.4 is 19.8 Å². The minimum atomic E-state index is -0.470. The van der Waals surface area contributed by atoms with Gasteiger partial charge in [0.25, 0.3) is 5.56 Å². The number of hydrogen-bond donors (Lipinski definition) is 1. The summed E-state index contributed by atoms with van der Waals surface area (Å²) in [6, 6.07) is 8.83. The van der Waals surface area contributed by atoms with Gasteiger partial charge in [-0.25, -0.2) is 0 Å². The van der Waals surface area contributed by atoms with Crippen LogP contribution in [-0.4, -0.2) is 26.5 Å². The molecule has 0 aliphatic carbocycles. The molecule has 4 aromatic rings. The van der Waals surface area contributed by atoms with Crippen LogP contribution in [0, 0.1) is 0 Å². The van der Waals surface area contributed by atoms with E-state index < -0.39 is 5.92 Å². The van der Waals surface area contributed by atoms with Gasteiger partial charge >= 0.3 is 5.97 Å². The molecule has 0 saturated carbocycles. The van der Waals surface area contributed by atoms with Gasteiger partial charge in [-0.05, 0) is 24.3 Å². The molecule has 6 rings (SSSR count). The zero-order valence-corrected chi connectivity index (χ0v) is 15.0. The Balaban J connectivity index is 1.60. The number of aromatic amines is 1. The largest absolute Gasteiger partial charge is 0.454 e. The Kier molecular flexibility index (Phi) is 3.07. The third-order valence-electron chi connectivity index (χ3n) is 5.11. The van der Waals surface area contributed by atoms with Gasteiger partial charge in [0, 0.05) is 28.5 Å². The summed E-state index contributed by atoms with van der Waals surface area (Å²) >= 11 is 1.09. The van der Waals surface area contributed by atoms with Crippen molar-refractivity contribution in [1.29, 1.82) is 0 Å². The number of hydrogen-bond acceptors (Lipinski definition) is 8. The van der Waals surface area contributed by atoms with Crippen molar-refractivity contribution in [3.63, 3.8) is 0 Å². The number of nitrogens with one attached hydrogen (secondary N) is 1. The van der Waals surface area contributed by atoms with E-state index in [-0.39, 0.29) is 24.7 Å². The van der Waals surface area contributed by atoms with Gasteiger partial charge in [0.2, 0.25) is 6.79 Å². The van der Waals surface area contributed by atoms with Gasteiger partial charge in [-0.1, -0.05) is 0 Å². The Bertz CT molecular complexity index is 1360. The van der Waals surface area contributed by atoms with Gasteiger partial charge in [0.15, 0.2) is 11.5 Å². The van der Waals surface area contributed by atoms with Gasteiger partial charge in [-0.15, -0.1) is 0 Å². The first-order chi connectivity index (χ1) is 13.7. The summed E-state index contributed by atoms with van der Waals surface area (Å²) in [5.41, 5.74) is 2.95. The Hall–Kier alpha value is -3.46. The van der Waals surface area contributed by atoms with E-state index in [4.69, 9.17) is 14.2 Å². The van der Waals surface area contributed by atoms with E-state index in [1.54, 1.807) is 24.3 Å². The highest BCUT2D eigenvalue weighted by molar-refractivity contribution is 7.00. The lowest BCUT2D eigenvalue weighted by molar-refractivity contribution is -0.135. The molecule has 2 aliphatic heterocycles. The average Bonchev–Trinajstić information content (AvgIpc) is 3.33. The molecule has 0 radical (unpaired) electrons. The fourth-order valence-corrected chi connectivity index (χ4v) is 4.40. The molecule has 0 fully saturated rings. The monoisotopic (exact) mass is 393 g/mol. The number of rotatable bonds is 1. The number of fused-ring (bicyclic) bond motifs is 5. The van der Waals surface area contributed by atoms with Crippen LogP contribution in [0.1, 0.15) is 23.5 Å². The van der Waals surface area contributed by atoms with E-state index in [9.17, 15) is 9.59 Å². The van der Waals surface area contributed by atoms with Crippen LogP contribution >= 0.6 is 11.7 Å². The van der Waals surface area contributed by atoms with Crippen LogP contribution in [-0.2, 0) is 4.79 Å². The van der Waals surface area contributed by atoms with Crippen molar-refractivity contribution in [3.05, 3.63) is 51.8 Å². The zero-order valence-electron chi connectivity index (χ0n) is 14.2. The topological polar surface area (TPSA) is 103 Å². The van der Waals surface area contributed by atoms with Gasteiger partial charge < -0.3 is 19.2 Å². The molecule has 2 aliphatic rings. The minimum absolute atomic E-state index is 0.0583. The molecule has 4 heterocycles. The molecular weight excluding hydrogens is 382 g/mol. The quantitative estimate of drug-likeness (QED) is 0.392. The smallest absolute Gasteiger partial charge is 0.312 e. The Morgan fingerprint density at radius 1 is 1.04 bits per heavy atom. The lowest BCUT2D eigenvalue weighted by Gasteiger charge is -2.24. The zero-order chi connectivity index (χ0) is 18.8. The number of pyridine rings is 1. The maximum Gasteiger partial charge on any atom is 0.312 e. The van der Waals surface area contributed by atoms with E-state index in [1.807, 2.05) is 6.07 Å². The molecular formula is C19H11N3O5S. The van der Waals surface area contributed by atoms with E-state index >= 15 is 0 Å². The summed E-state index contributed by atoms with van der Waals surface area (Å²) in [6.45, 7) is 0.152. The number of esters is 1. The van der Waals surface area contributed by atoms with Crippen molar-refractivity contribution in [3.8, 4) is 17.2 Å². The highest BCUT2D eigenvalue weighted by Crippen LogP contribution is 2.42. The molecule has 1 N–H and O–H groups in total. The van der Waals surface area contributed by atoms with Gasteiger partial charge in [0.1, 0.15) is 16.8 Å². The summed E-state index contributed by atoms with van der Waals surface area (Å²) in [6.07, 6.45) is 0.0583. The number of H-pyrrole nitrogens is 1. The highest BCUT2D eigenvalue weighted by atomic mass is 32.1. The summed E-state index contributed by atoms with van der Waals surface area (Å²) in [5, 5.41) is 0.794. The number of nitrogens with zero attached hydrogens (tertiary/aromatic N) is 2. The molecule has 2 aromatic carbocycles. The van der Waals surface area contributed by atoms with Crippen molar-refractivity contribution in [2.75, 3.05) is 6.79 Å². The second-order valence-electron chi connectivity index (χ2n) is 6.69. The van der Waals surface area contributed by atoms with E-state index in [1.165, 1.54) is 0 Å². The minimum Gasteiger partial charge on any atom is -0.454 e. The van der Waals surface area contributed by atoms with Crippen LogP contribution in [0.15, 0.2) is 35.1 Å². The van der Waals surface area contributed by atoms with Crippen LogP contribution in [0.5, 0.6) is 17.2 Å². The molecule has 2 aromatic heterocycles. The Morgan fingerprint density at radius 2 is 1.89 bits per heavy atom. The third-order valence-corrected chi connectivity index (χ3v) is 5.65. The fourth-order valence-electron chi connectivity index (χ4n) is 3.85. The Labute approximate surface area is 161 Å². The van der Waals surface area contributed by atoms with Gasteiger partial charge in [-0.2, -0.15) is 8.75 Å². The second kappa shape index (κ2) is 5.52. The normalized spacial score (nSPS) is 17.7. The van der Waals surface area contributed by atoms with Crippen LogP contribution in [0.4, 0.5) is 0 Å². The van der Waals surface area contributed by atoms with Crippen LogP contribution in [0.2, 0.25) is 0 Å². The van der Waals surface area contributed by atoms with Crippen molar-refractivity contribution in [2.24, 2.45) is 0 Å². The van der Waals surface area contributed by atoms with Crippen molar-refractivity contribution in [1.82, 2.24) is 13.7 Å². The first-order valence-electron chi connectivity index (χ1n) is 8.60. The summed E-state index contributed by atoms with van der Waals surface area (Å²) in [4.78, 5) is 28.0. The van der Waals surface area contributed by atoms with Crippen molar-refractivity contribution in [2.45, 2.75) is 12.3 Å². The standard InChI is InChI=1S/C19H11N3O5S/c23-16-5-9(17-13(27-16)2-1-11-18(17)22-28-21-11)10-3-8-4-14-15(26-7-25-14)6-12(8)20-19(10)24/h1-4,6,9H,5,7H2,(H,20,24)/t9-/m1/s1. The Morgan fingerprint density at radius 3 is 2.79 bits per heavy atom. The molecule has 0 amide bonds.